The first-order valence-electron chi connectivity index (χ1n) is 4.41. The van der Waals surface area contributed by atoms with Crippen molar-refractivity contribution in [1.29, 1.82) is 0 Å². The lowest BCUT2D eigenvalue weighted by molar-refractivity contribution is 0.318. The normalized spacial score (nSPS) is 11.7. The minimum Gasteiger partial charge on any atom is -0.409 e. The number of oxime groups is 1. The highest BCUT2D eigenvalue weighted by molar-refractivity contribution is 5.97. The second kappa shape index (κ2) is 4.62. The van der Waals surface area contributed by atoms with Crippen LogP contribution >= 0.6 is 0 Å². The number of amidine groups is 1. The van der Waals surface area contributed by atoms with Crippen molar-refractivity contribution in [2.75, 3.05) is 7.05 Å². The number of hydrogen-bond acceptors (Lipinski definition) is 3. The molecule has 0 radical (unpaired) electrons. The van der Waals surface area contributed by atoms with E-state index in [1.54, 1.807) is 0 Å². The van der Waals surface area contributed by atoms with E-state index in [1.165, 1.54) is 5.56 Å². The van der Waals surface area contributed by atoms with Crippen LogP contribution in [-0.2, 0) is 6.54 Å². The molecule has 0 aliphatic carbocycles. The van der Waals surface area contributed by atoms with Crippen LogP contribution in [0.1, 0.15) is 16.7 Å². The van der Waals surface area contributed by atoms with Gasteiger partial charge in [0.1, 0.15) is 0 Å². The van der Waals surface area contributed by atoms with Gasteiger partial charge in [-0.3, -0.25) is 0 Å². The highest BCUT2D eigenvalue weighted by atomic mass is 16.4. The molecule has 0 atom stereocenters. The summed E-state index contributed by atoms with van der Waals surface area (Å²) in [6.45, 7) is 2.82. The Bertz CT molecular complexity index is 347. The molecule has 0 aliphatic heterocycles. The first-order valence-corrected chi connectivity index (χ1v) is 4.41. The topological polar surface area (TPSA) is 70.6 Å². The largest absolute Gasteiger partial charge is 0.409 e. The summed E-state index contributed by atoms with van der Waals surface area (Å²) in [5.74, 6) is 0.143. The molecular weight excluding hydrogens is 178 g/mol. The highest BCUT2D eigenvalue weighted by Gasteiger charge is 2.02. The minimum atomic E-state index is 0.143. The van der Waals surface area contributed by atoms with Crippen molar-refractivity contribution in [3.05, 3.63) is 34.9 Å². The standard InChI is InChI=1S/C10H15N3O/c1-7-5-8(10(11)13-14)3-4-9(7)6-12-2/h3-5,12,14H,6H2,1-2H3,(H2,11,13). The third kappa shape index (κ3) is 2.23. The Kier molecular flexibility index (Phi) is 3.48. The molecule has 0 saturated heterocycles. The zero-order valence-electron chi connectivity index (χ0n) is 8.41. The summed E-state index contributed by atoms with van der Waals surface area (Å²) in [4.78, 5) is 0. The van der Waals surface area contributed by atoms with E-state index < -0.39 is 0 Å². The van der Waals surface area contributed by atoms with Crippen LogP contribution in [0.25, 0.3) is 0 Å². The summed E-state index contributed by atoms with van der Waals surface area (Å²) in [5.41, 5.74) is 8.55. The summed E-state index contributed by atoms with van der Waals surface area (Å²) in [5, 5.41) is 14.5. The lowest BCUT2D eigenvalue weighted by Crippen LogP contribution is -2.14. The second-order valence-corrected chi connectivity index (χ2v) is 3.16. The number of aryl methyl sites for hydroxylation is 1. The van der Waals surface area contributed by atoms with E-state index in [0.29, 0.717) is 0 Å². The van der Waals surface area contributed by atoms with Crippen molar-refractivity contribution in [2.24, 2.45) is 10.9 Å². The fourth-order valence-corrected chi connectivity index (χ4v) is 1.30. The maximum atomic E-state index is 8.50. The Labute approximate surface area is 83.4 Å². The Hall–Kier alpha value is -1.55. The molecule has 0 aromatic heterocycles. The number of nitrogens with one attached hydrogen (secondary N) is 1. The van der Waals surface area contributed by atoms with Crippen LogP contribution < -0.4 is 11.1 Å². The molecule has 4 nitrogen and oxygen atoms in total. The second-order valence-electron chi connectivity index (χ2n) is 3.16. The lowest BCUT2D eigenvalue weighted by atomic mass is 10.0. The van der Waals surface area contributed by atoms with Crippen LogP contribution in [0.15, 0.2) is 23.4 Å². The van der Waals surface area contributed by atoms with E-state index >= 15 is 0 Å². The van der Waals surface area contributed by atoms with E-state index in [9.17, 15) is 0 Å². The van der Waals surface area contributed by atoms with Gasteiger partial charge in [-0.25, -0.2) is 0 Å². The lowest BCUT2D eigenvalue weighted by Gasteiger charge is -2.06. The maximum absolute atomic E-state index is 8.50. The SMILES string of the molecule is CNCc1ccc(/C(N)=N/O)cc1C. The highest BCUT2D eigenvalue weighted by Crippen LogP contribution is 2.10. The molecule has 0 spiro atoms. The van der Waals surface area contributed by atoms with Gasteiger partial charge in [-0.1, -0.05) is 17.3 Å². The number of nitrogens with two attached hydrogens (primary N) is 1. The van der Waals surface area contributed by atoms with Crippen LogP contribution in [0.5, 0.6) is 0 Å². The molecule has 76 valence electrons. The van der Waals surface area contributed by atoms with Crippen LogP contribution in [0, 0.1) is 6.92 Å². The van der Waals surface area contributed by atoms with Gasteiger partial charge in [0.25, 0.3) is 0 Å². The number of nitrogens with zero attached hydrogens (tertiary/aromatic N) is 1. The fraction of sp³-hybridized carbons (Fsp3) is 0.300. The van der Waals surface area contributed by atoms with E-state index in [4.69, 9.17) is 10.9 Å². The summed E-state index contributed by atoms with van der Waals surface area (Å²) in [7, 11) is 1.90. The summed E-state index contributed by atoms with van der Waals surface area (Å²) < 4.78 is 0. The molecule has 1 aromatic rings. The van der Waals surface area contributed by atoms with E-state index in [1.807, 2.05) is 32.2 Å². The maximum Gasteiger partial charge on any atom is 0.170 e. The van der Waals surface area contributed by atoms with Crippen molar-refractivity contribution >= 4 is 5.84 Å². The van der Waals surface area contributed by atoms with Crippen molar-refractivity contribution in [2.45, 2.75) is 13.5 Å². The third-order valence-corrected chi connectivity index (χ3v) is 2.11. The molecule has 0 saturated carbocycles. The van der Waals surface area contributed by atoms with Crippen molar-refractivity contribution in [3.63, 3.8) is 0 Å². The average molecular weight is 193 g/mol. The molecule has 1 rings (SSSR count). The molecule has 4 heteroatoms. The molecule has 14 heavy (non-hydrogen) atoms. The van der Waals surface area contributed by atoms with Crippen LogP contribution in [0.4, 0.5) is 0 Å². The molecule has 0 amide bonds. The van der Waals surface area contributed by atoms with E-state index in [0.717, 1.165) is 17.7 Å². The van der Waals surface area contributed by atoms with Crippen molar-refractivity contribution in [3.8, 4) is 0 Å². The number of hydrogen-bond donors (Lipinski definition) is 3. The Morgan fingerprint density at radius 1 is 1.57 bits per heavy atom. The monoisotopic (exact) mass is 193 g/mol. The quantitative estimate of drug-likeness (QED) is 0.288. The zero-order chi connectivity index (χ0) is 10.6. The fourth-order valence-electron chi connectivity index (χ4n) is 1.30. The predicted molar refractivity (Wildman–Crippen MR) is 56.5 cm³/mol. The molecule has 4 N–H and O–H groups in total. The van der Waals surface area contributed by atoms with Gasteiger partial charge in [-0.15, -0.1) is 0 Å². The third-order valence-electron chi connectivity index (χ3n) is 2.11. The van der Waals surface area contributed by atoms with Gasteiger partial charge in [0.15, 0.2) is 5.84 Å². The van der Waals surface area contributed by atoms with Crippen LogP contribution in [0.2, 0.25) is 0 Å². The Balaban J connectivity index is 3.00. The number of rotatable bonds is 3. The predicted octanol–water partition coefficient (Wildman–Crippen LogP) is 0.809. The molecule has 0 aliphatic rings. The van der Waals surface area contributed by atoms with Gasteiger partial charge in [-0.2, -0.15) is 0 Å². The van der Waals surface area contributed by atoms with Gasteiger partial charge in [0, 0.05) is 12.1 Å². The van der Waals surface area contributed by atoms with Gasteiger partial charge in [0.2, 0.25) is 0 Å². The number of benzene rings is 1. The van der Waals surface area contributed by atoms with Gasteiger partial charge in [-0.05, 0) is 31.2 Å². The van der Waals surface area contributed by atoms with Crippen LogP contribution in [-0.4, -0.2) is 18.1 Å². The van der Waals surface area contributed by atoms with Gasteiger partial charge >= 0.3 is 0 Å². The van der Waals surface area contributed by atoms with Crippen molar-refractivity contribution < 1.29 is 5.21 Å². The average Bonchev–Trinajstić information content (AvgIpc) is 2.20. The Morgan fingerprint density at radius 3 is 2.79 bits per heavy atom. The van der Waals surface area contributed by atoms with Gasteiger partial charge < -0.3 is 16.3 Å². The van der Waals surface area contributed by atoms with Gasteiger partial charge in [0.05, 0.1) is 0 Å². The van der Waals surface area contributed by atoms with Crippen LogP contribution in [0.3, 0.4) is 0 Å². The first kappa shape index (κ1) is 10.5. The molecular formula is C10H15N3O. The summed E-state index contributed by atoms with van der Waals surface area (Å²) in [6, 6.07) is 5.72. The van der Waals surface area contributed by atoms with E-state index in [2.05, 4.69) is 10.5 Å². The summed E-state index contributed by atoms with van der Waals surface area (Å²) in [6.07, 6.45) is 0. The van der Waals surface area contributed by atoms with E-state index in [-0.39, 0.29) is 5.84 Å². The molecule has 0 unspecified atom stereocenters. The molecule has 0 bridgehead atoms. The first-order chi connectivity index (χ1) is 6.69. The molecule has 0 fully saturated rings. The smallest absolute Gasteiger partial charge is 0.170 e. The molecule has 1 aromatic carbocycles. The minimum absolute atomic E-state index is 0.143. The Morgan fingerprint density at radius 2 is 2.29 bits per heavy atom. The summed E-state index contributed by atoms with van der Waals surface area (Å²) >= 11 is 0. The van der Waals surface area contributed by atoms with Crippen molar-refractivity contribution in [1.82, 2.24) is 5.32 Å². The zero-order valence-corrected chi connectivity index (χ0v) is 8.41. The molecule has 0 heterocycles.